The number of benzene rings is 1. The molecule has 0 amide bonds. The van der Waals surface area contributed by atoms with Gasteiger partial charge in [-0.25, -0.2) is 0 Å². The van der Waals surface area contributed by atoms with Gasteiger partial charge < -0.3 is 11.3 Å². The Morgan fingerprint density at radius 3 is 2.25 bits per heavy atom. The van der Waals surface area contributed by atoms with Gasteiger partial charge in [0.05, 0.1) is 7.11 Å². The van der Waals surface area contributed by atoms with Crippen LogP contribution in [-0.2, 0) is 0 Å². The summed E-state index contributed by atoms with van der Waals surface area (Å²) in [7, 11) is 1.60. The first-order valence-corrected chi connectivity index (χ1v) is 3.26. The van der Waals surface area contributed by atoms with Crippen LogP contribution in [0.3, 0.4) is 0 Å². The monoisotopic (exact) mass is 190 g/mol. The number of methoxy groups -OCH3 is 1. The van der Waals surface area contributed by atoms with Gasteiger partial charge in [0.2, 0.25) is 0 Å². The molecule has 0 bridgehead atoms. The van der Waals surface area contributed by atoms with E-state index in [1.165, 1.54) is 0 Å². The molecule has 0 atom stereocenters. The van der Waals surface area contributed by atoms with Crippen LogP contribution in [0.5, 0.6) is 5.75 Å². The van der Waals surface area contributed by atoms with Gasteiger partial charge in [-0.05, 0) is 24.3 Å². The number of ether oxygens (including phenoxy) is 1. The molecule has 0 aliphatic heterocycles. The van der Waals surface area contributed by atoms with E-state index < -0.39 is 0 Å². The molecule has 1 aromatic rings. The molecule has 0 unspecified atom stereocenters. The Kier molecular flexibility index (Phi) is 5.87. The van der Waals surface area contributed by atoms with Gasteiger partial charge in [-0.3, -0.25) is 0 Å². The summed E-state index contributed by atoms with van der Waals surface area (Å²) >= 11 is 0. The van der Waals surface area contributed by atoms with Gasteiger partial charge in [-0.2, -0.15) is 0 Å². The Balaban J connectivity index is 0. The zero-order valence-corrected chi connectivity index (χ0v) is 10.5. The van der Waals surface area contributed by atoms with Crippen LogP contribution in [0.1, 0.15) is 6.99 Å². The van der Waals surface area contributed by atoms with Gasteiger partial charge >= 0.3 is 51.4 Å². The predicted octanol–water partition coefficient (Wildman–Crippen LogP) is -0.660. The number of hydrogen-bond acceptors (Lipinski definition) is 2. The van der Waals surface area contributed by atoms with Crippen molar-refractivity contribution >= 4 is 5.76 Å². The number of hydrogen-bond donors (Lipinski definition) is 1. The molecule has 0 aromatic heterocycles. The molecule has 1 rings (SSSR count). The van der Waals surface area contributed by atoms with E-state index in [4.69, 9.17) is 9.84 Å². The molecule has 0 aliphatic rings. The zero-order chi connectivity index (χ0) is 8.27. The fourth-order valence-corrected chi connectivity index (χ4v) is 0.783. The minimum absolute atomic E-state index is 0. The van der Waals surface area contributed by atoms with Crippen LogP contribution in [0.4, 0.5) is 0 Å². The van der Waals surface area contributed by atoms with Crippen molar-refractivity contribution in [2.24, 2.45) is 0 Å². The minimum atomic E-state index is 0. The molecular weight excluding hydrogens is 179 g/mol. The number of aliphatic hydroxyl groups excluding tert-OH is 1. The van der Waals surface area contributed by atoms with E-state index in [-0.39, 0.29) is 58.6 Å². The van der Waals surface area contributed by atoms with Gasteiger partial charge in [-0.1, -0.05) is 6.58 Å². The van der Waals surface area contributed by atoms with E-state index in [0.717, 1.165) is 5.75 Å². The number of rotatable bonds is 2. The fourth-order valence-electron chi connectivity index (χ4n) is 0.783. The standard InChI is InChI=1S/C9H10O2.K.H/c1-7(10)8-3-5-9(11-2)6-4-8;;/h3-6,10H,1H2,2H3;;/q;+1;-1. The third-order valence-electron chi connectivity index (χ3n) is 1.42. The van der Waals surface area contributed by atoms with Crippen LogP contribution >= 0.6 is 0 Å². The van der Waals surface area contributed by atoms with E-state index in [0.29, 0.717) is 5.56 Å². The normalized spacial score (nSPS) is 8.42. The molecule has 3 heteroatoms. The molecule has 12 heavy (non-hydrogen) atoms. The zero-order valence-electron chi connectivity index (χ0n) is 8.37. The largest absolute Gasteiger partial charge is 1.00 e. The third kappa shape index (κ3) is 3.29. The Morgan fingerprint density at radius 1 is 1.42 bits per heavy atom. The second-order valence-electron chi connectivity index (χ2n) is 2.18. The summed E-state index contributed by atoms with van der Waals surface area (Å²) in [4.78, 5) is 0. The second kappa shape index (κ2) is 5.78. The summed E-state index contributed by atoms with van der Waals surface area (Å²) in [6, 6.07) is 7.05. The van der Waals surface area contributed by atoms with Crippen LogP contribution in [0.15, 0.2) is 30.8 Å². The molecule has 0 fully saturated rings. The first kappa shape index (κ1) is 12.2. The first-order valence-electron chi connectivity index (χ1n) is 3.26. The molecule has 60 valence electrons. The van der Waals surface area contributed by atoms with Crippen molar-refractivity contribution in [1.29, 1.82) is 0 Å². The molecule has 2 nitrogen and oxygen atoms in total. The average molecular weight is 190 g/mol. The fraction of sp³-hybridized carbons (Fsp3) is 0.111. The summed E-state index contributed by atoms with van der Waals surface area (Å²) in [5.41, 5.74) is 0.714. The Bertz CT molecular complexity index is 259. The maximum atomic E-state index is 8.95. The van der Waals surface area contributed by atoms with Crippen LogP contribution in [-0.4, -0.2) is 12.2 Å². The summed E-state index contributed by atoms with van der Waals surface area (Å²) in [5.74, 6) is 0.850. The second-order valence-corrected chi connectivity index (χ2v) is 2.18. The van der Waals surface area contributed by atoms with Crippen molar-refractivity contribution in [3.05, 3.63) is 36.4 Å². The first-order chi connectivity index (χ1) is 5.24. The number of aliphatic hydroxyl groups is 1. The molecular formula is C9H11KO2. The SMILES string of the molecule is C=C(O)c1ccc(OC)cc1.[H-].[K+]. The van der Waals surface area contributed by atoms with Crippen LogP contribution in [0, 0.1) is 0 Å². The summed E-state index contributed by atoms with van der Waals surface area (Å²) in [6.45, 7) is 3.40. The van der Waals surface area contributed by atoms with Crippen molar-refractivity contribution in [3.63, 3.8) is 0 Å². The van der Waals surface area contributed by atoms with Crippen molar-refractivity contribution in [2.75, 3.05) is 7.11 Å². The minimum Gasteiger partial charge on any atom is -1.00 e. The van der Waals surface area contributed by atoms with Crippen LogP contribution < -0.4 is 56.1 Å². The molecule has 0 radical (unpaired) electrons. The quantitative estimate of drug-likeness (QED) is 0.495. The van der Waals surface area contributed by atoms with E-state index in [2.05, 4.69) is 6.58 Å². The molecule has 0 aliphatic carbocycles. The van der Waals surface area contributed by atoms with Gasteiger partial charge in [-0.15, -0.1) is 0 Å². The Hall–Kier alpha value is 0.196. The predicted molar refractivity (Wildman–Crippen MR) is 45.8 cm³/mol. The molecule has 0 heterocycles. The molecule has 1 N–H and O–H groups in total. The average Bonchev–Trinajstić information content (AvgIpc) is 2.05. The van der Waals surface area contributed by atoms with Gasteiger partial charge in [0.15, 0.2) is 0 Å². The van der Waals surface area contributed by atoms with Crippen molar-refractivity contribution < 1.29 is 62.7 Å². The Morgan fingerprint density at radius 2 is 1.92 bits per heavy atom. The van der Waals surface area contributed by atoms with Crippen molar-refractivity contribution in [2.45, 2.75) is 0 Å². The van der Waals surface area contributed by atoms with Crippen LogP contribution in [0.2, 0.25) is 0 Å². The molecule has 0 saturated carbocycles. The topological polar surface area (TPSA) is 29.5 Å². The van der Waals surface area contributed by atoms with Gasteiger partial charge in [0, 0.05) is 5.56 Å². The van der Waals surface area contributed by atoms with E-state index >= 15 is 0 Å². The van der Waals surface area contributed by atoms with E-state index in [1.807, 2.05) is 0 Å². The third-order valence-corrected chi connectivity index (χ3v) is 1.42. The van der Waals surface area contributed by atoms with Crippen LogP contribution in [0.25, 0.3) is 5.76 Å². The Labute approximate surface area is 116 Å². The maximum Gasteiger partial charge on any atom is 1.00 e. The summed E-state index contributed by atoms with van der Waals surface area (Å²) in [6.07, 6.45) is 0. The molecule has 1 aromatic carbocycles. The molecule has 0 saturated heterocycles. The van der Waals surface area contributed by atoms with E-state index in [9.17, 15) is 0 Å². The molecule has 0 spiro atoms. The van der Waals surface area contributed by atoms with Crippen molar-refractivity contribution in [3.8, 4) is 5.75 Å². The smallest absolute Gasteiger partial charge is 1.00 e. The van der Waals surface area contributed by atoms with Gasteiger partial charge in [0.25, 0.3) is 0 Å². The van der Waals surface area contributed by atoms with Crippen molar-refractivity contribution in [1.82, 2.24) is 0 Å². The van der Waals surface area contributed by atoms with Gasteiger partial charge in [0.1, 0.15) is 11.5 Å². The summed E-state index contributed by atoms with van der Waals surface area (Å²) < 4.78 is 4.94. The summed E-state index contributed by atoms with van der Waals surface area (Å²) in [5, 5.41) is 8.95. The van der Waals surface area contributed by atoms with E-state index in [1.54, 1.807) is 31.4 Å². The maximum absolute atomic E-state index is 8.95.